The van der Waals surface area contributed by atoms with E-state index in [0.29, 0.717) is 15.8 Å². The molecule has 0 saturated heterocycles. The van der Waals surface area contributed by atoms with E-state index in [9.17, 15) is 13.6 Å². The van der Waals surface area contributed by atoms with Crippen LogP contribution < -0.4 is 5.32 Å². The van der Waals surface area contributed by atoms with Crippen LogP contribution in [0, 0.1) is 11.6 Å². The summed E-state index contributed by atoms with van der Waals surface area (Å²) in [5, 5.41) is 2.68. The van der Waals surface area contributed by atoms with Crippen LogP contribution in [0.15, 0.2) is 36.4 Å². The fourth-order valence-electron chi connectivity index (χ4n) is 1.77. The lowest BCUT2D eigenvalue weighted by Crippen LogP contribution is -2.23. The van der Waals surface area contributed by atoms with Crippen molar-refractivity contribution >= 4 is 46.6 Å². The molecule has 7 heteroatoms. The minimum atomic E-state index is -0.806. The van der Waals surface area contributed by atoms with Gasteiger partial charge in [-0.05, 0) is 36.8 Å². The second-order valence-electron chi connectivity index (χ2n) is 4.79. The van der Waals surface area contributed by atoms with Crippen LogP contribution in [0.3, 0.4) is 0 Å². The summed E-state index contributed by atoms with van der Waals surface area (Å²) in [5.41, 5.74) is 0.473. The second-order valence-corrected chi connectivity index (χ2v) is 6.93. The van der Waals surface area contributed by atoms with Gasteiger partial charge in [-0.25, -0.2) is 8.78 Å². The summed E-state index contributed by atoms with van der Waals surface area (Å²) in [6.45, 7) is 1.66. The monoisotopic (exact) mass is 375 g/mol. The fourth-order valence-corrected chi connectivity index (χ4v) is 2.92. The topological polar surface area (TPSA) is 29.1 Å². The third-order valence-electron chi connectivity index (χ3n) is 3.06. The summed E-state index contributed by atoms with van der Waals surface area (Å²) in [4.78, 5) is 12.0. The van der Waals surface area contributed by atoms with Crippen molar-refractivity contribution in [3.63, 3.8) is 0 Å². The van der Waals surface area contributed by atoms with E-state index >= 15 is 0 Å². The zero-order chi connectivity index (χ0) is 17.0. The van der Waals surface area contributed by atoms with E-state index in [4.69, 9.17) is 23.2 Å². The van der Waals surface area contributed by atoms with Gasteiger partial charge < -0.3 is 5.32 Å². The third-order valence-corrected chi connectivity index (χ3v) is 5.02. The number of para-hydroxylation sites is 1. The molecule has 0 fully saturated rings. The number of hydrogen-bond donors (Lipinski definition) is 1. The van der Waals surface area contributed by atoms with Gasteiger partial charge in [-0.15, -0.1) is 11.8 Å². The summed E-state index contributed by atoms with van der Waals surface area (Å²) in [5.74, 6) is -1.57. The minimum Gasteiger partial charge on any atom is -0.320 e. The number of carbonyl (C=O) groups is 1. The molecule has 0 aliphatic rings. The van der Waals surface area contributed by atoms with Gasteiger partial charge >= 0.3 is 0 Å². The average Bonchev–Trinajstić information content (AvgIpc) is 2.51. The van der Waals surface area contributed by atoms with Crippen LogP contribution in [0.2, 0.25) is 10.0 Å². The largest absolute Gasteiger partial charge is 0.320 e. The van der Waals surface area contributed by atoms with Crippen LogP contribution in [-0.4, -0.2) is 11.2 Å². The summed E-state index contributed by atoms with van der Waals surface area (Å²) in [7, 11) is 0. The van der Waals surface area contributed by atoms with Crippen molar-refractivity contribution in [2.75, 3.05) is 5.32 Å². The maximum Gasteiger partial charge on any atom is 0.237 e. The summed E-state index contributed by atoms with van der Waals surface area (Å²) < 4.78 is 27.0. The highest BCUT2D eigenvalue weighted by Gasteiger charge is 2.17. The fraction of sp³-hybridized carbons (Fsp3) is 0.188. The van der Waals surface area contributed by atoms with Crippen molar-refractivity contribution in [2.24, 2.45) is 0 Å². The van der Waals surface area contributed by atoms with Crippen molar-refractivity contribution in [1.29, 1.82) is 0 Å². The van der Waals surface area contributed by atoms with Gasteiger partial charge in [0.1, 0.15) is 17.3 Å². The Morgan fingerprint density at radius 3 is 2.43 bits per heavy atom. The molecule has 0 aliphatic heterocycles. The molecule has 0 aliphatic carbocycles. The van der Waals surface area contributed by atoms with Gasteiger partial charge in [0.05, 0.1) is 15.3 Å². The molecule has 1 amide bonds. The van der Waals surface area contributed by atoms with E-state index in [1.54, 1.807) is 19.1 Å². The maximum absolute atomic E-state index is 13.5. The van der Waals surface area contributed by atoms with Crippen LogP contribution in [-0.2, 0) is 10.5 Å². The number of rotatable bonds is 5. The smallest absolute Gasteiger partial charge is 0.237 e. The molecular formula is C16H13Cl2F2NOS. The summed E-state index contributed by atoms with van der Waals surface area (Å²) in [6, 6.07) is 8.63. The van der Waals surface area contributed by atoms with Crippen LogP contribution in [0.1, 0.15) is 12.5 Å². The van der Waals surface area contributed by atoms with Gasteiger partial charge in [0.15, 0.2) is 0 Å². The summed E-state index contributed by atoms with van der Waals surface area (Å²) >= 11 is 13.1. The molecule has 23 heavy (non-hydrogen) atoms. The molecule has 1 N–H and O–H groups in total. The Kier molecular flexibility index (Phi) is 6.27. The lowest BCUT2D eigenvalue weighted by Gasteiger charge is -2.13. The van der Waals surface area contributed by atoms with Gasteiger partial charge in [0, 0.05) is 5.75 Å². The minimum absolute atomic E-state index is 0.431. The molecule has 0 aromatic heterocycles. The number of halogens is 4. The molecule has 0 heterocycles. The number of hydrogen-bond acceptors (Lipinski definition) is 2. The Bertz CT molecular complexity index is 707. The maximum atomic E-state index is 13.5. The van der Waals surface area contributed by atoms with Crippen molar-refractivity contribution in [3.8, 4) is 0 Å². The molecule has 2 aromatic carbocycles. The average molecular weight is 376 g/mol. The first-order chi connectivity index (χ1) is 10.9. The molecule has 1 atom stereocenters. The lowest BCUT2D eigenvalue weighted by atomic mass is 10.2. The molecule has 0 saturated carbocycles. The first-order valence-corrected chi connectivity index (χ1v) is 8.49. The van der Waals surface area contributed by atoms with Gasteiger partial charge in [0.2, 0.25) is 5.91 Å². The van der Waals surface area contributed by atoms with Crippen molar-refractivity contribution in [1.82, 2.24) is 0 Å². The number of benzene rings is 2. The third kappa shape index (κ3) is 4.83. The number of amides is 1. The molecule has 1 unspecified atom stereocenters. The summed E-state index contributed by atoms with van der Waals surface area (Å²) in [6.07, 6.45) is 0. The first kappa shape index (κ1) is 18.0. The predicted molar refractivity (Wildman–Crippen MR) is 92.2 cm³/mol. The zero-order valence-electron chi connectivity index (χ0n) is 12.1. The molecular weight excluding hydrogens is 363 g/mol. The van der Waals surface area contributed by atoms with Crippen LogP contribution >= 0.6 is 35.0 Å². The highest BCUT2D eigenvalue weighted by atomic mass is 35.5. The molecule has 0 radical (unpaired) electrons. The van der Waals surface area contributed by atoms with Crippen LogP contribution in [0.5, 0.6) is 0 Å². The Hall–Kier alpha value is -1.30. The van der Waals surface area contributed by atoms with Gasteiger partial charge in [-0.1, -0.05) is 35.3 Å². The Morgan fingerprint density at radius 1 is 1.17 bits per heavy atom. The van der Waals surface area contributed by atoms with E-state index < -0.39 is 28.5 Å². The predicted octanol–water partition coefficient (Wildman–Crippen LogP) is 5.53. The molecule has 0 spiro atoms. The van der Waals surface area contributed by atoms with Crippen LogP contribution in [0.25, 0.3) is 0 Å². The van der Waals surface area contributed by atoms with Crippen molar-refractivity contribution < 1.29 is 13.6 Å². The Balaban J connectivity index is 1.96. The standard InChI is InChI=1S/C16H13Cl2F2NOS/c1-9(23-8-10-5-6-11(17)12(18)7-10)16(22)21-15-13(19)3-2-4-14(15)20/h2-7,9H,8H2,1H3,(H,21,22). The van der Waals surface area contributed by atoms with Gasteiger partial charge in [-0.3, -0.25) is 4.79 Å². The Morgan fingerprint density at radius 2 is 1.83 bits per heavy atom. The number of carbonyl (C=O) groups excluding carboxylic acids is 1. The first-order valence-electron chi connectivity index (χ1n) is 6.69. The van der Waals surface area contributed by atoms with E-state index in [2.05, 4.69) is 5.32 Å². The van der Waals surface area contributed by atoms with Crippen molar-refractivity contribution in [3.05, 3.63) is 63.6 Å². The normalized spacial score (nSPS) is 12.0. The van der Waals surface area contributed by atoms with E-state index in [1.807, 2.05) is 6.07 Å². The van der Waals surface area contributed by atoms with Gasteiger partial charge in [0.25, 0.3) is 0 Å². The second kappa shape index (κ2) is 7.99. The quantitative estimate of drug-likeness (QED) is 0.743. The highest BCUT2D eigenvalue weighted by Crippen LogP contribution is 2.26. The van der Waals surface area contributed by atoms with Crippen molar-refractivity contribution in [2.45, 2.75) is 17.9 Å². The van der Waals surface area contributed by atoms with E-state index in [0.717, 1.165) is 17.7 Å². The Labute approximate surface area is 147 Å². The highest BCUT2D eigenvalue weighted by molar-refractivity contribution is 7.99. The zero-order valence-corrected chi connectivity index (χ0v) is 14.4. The number of anilines is 1. The number of nitrogens with one attached hydrogen (secondary N) is 1. The molecule has 2 rings (SSSR count). The molecule has 2 aromatic rings. The molecule has 122 valence electrons. The van der Waals surface area contributed by atoms with E-state index in [1.165, 1.54) is 17.8 Å². The molecule has 2 nitrogen and oxygen atoms in total. The molecule has 0 bridgehead atoms. The van der Waals surface area contributed by atoms with E-state index in [-0.39, 0.29) is 0 Å². The van der Waals surface area contributed by atoms with Crippen LogP contribution in [0.4, 0.5) is 14.5 Å². The SMILES string of the molecule is CC(SCc1ccc(Cl)c(Cl)c1)C(=O)Nc1c(F)cccc1F. The number of thioether (sulfide) groups is 1. The lowest BCUT2D eigenvalue weighted by molar-refractivity contribution is -0.115. The van der Waals surface area contributed by atoms with Gasteiger partial charge in [-0.2, -0.15) is 0 Å².